The summed E-state index contributed by atoms with van der Waals surface area (Å²) in [5, 5.41) is 0. The Labute approximate surface area is 72.0 Å². The van der Waals surface area contributed by atoms with Gasteiger partial charge in [0.1, 0.15) is 6.10 Å². The predicted octanol–water partition coefficient (Wildman–Crippen LogP) is 1.04. The highest BCUT2D eigenvalue weighted by molar-refractivity contribution is 5.59. The monoisotopic (exact) mass is 173 g/mol. The lowest BCUT2D eigenvalue weighted by atomic mass is 9.93. The molecule has 0 aromatic rings. The van der Waals surface area contributed by atoms with Crippen LogP contribution in [0.15, 0.2) is 0 Å². The molecule has 70 valence electrons. The van der Waals surface area contributed by atoms with Crippen molar-refractivity contribution >= 4 is 6.16 Å². The fourth-order valence-electron chi connectivity index (χ4n) is 1.44. The molecule has 0 bridgehead atoms. The maximum Gasteiger partial charge on any atom is 0.508 e. The van der Waals surface area contributed by atoms with E-state index < -0.39 is 6.16 Å². The highest BCUT2D eigenvalue weighted by Crippen LogP contribution is 2.19. The van der Waals surface area contributed by atoms with E-state index in [4.69, 9.17) is 10.5 Å². The molecule has 0 saturated heterocycles. The van der Waals surface area contributed by atoms with Gasteiger partial charge in [-0.1, -0.05) is 6.42 Å². The summed E-state index contributed by atoms with van der Waals surface area (Å²) in [6, 6.07) is -0.0159. The Morgan fingerprint density at radius 1 is 1.42 bits per heavy atom. The van der Waals surface area contributed by atoms with E-state index in [1.54, 1.807) is 0 Å². The minimum atomic E-state index is -0.627. The summed E-state index contributed by atoms with van der Waals surface area (Å²) in [6.07, 6.45) is 3.22. The van der Waals surface area contributed by atoms with Gasteiger partial charge in [-0.15, -0.1) is 0 Å². The van der Waals surface area contributed by atoms with Crippen molar-refractivity contribution in [2.75, 3.05) is 7.11 Å². The molecule has 0 heterocycles. The molecule has 0 aliphatic heterocycles. The van der Waals surface area contributed by atoms with Crippen molar-refractivity contribution in [1.29, 1.82) is 0 Å². The molecule has 2 unspecified atom stereocenters. The molecule has 1 aliphatic carbocycles. The zero-order valence-corrected chi connectivity index (χ0v) is 7.29. The normalized spacial score (nSPS) is 29.5. The van der Waals surface area contributed by atoms with E-state index in [1.165, 1.54) is 7.11 Å². The van der Waals surface area contributed by atoms with E-state index >= 15 is 0 Å². The SMILES string of the molecule is COC(=O)OC1CCCCC1N. The first-order chi connectivity index (χ1) is 5.74. The smallest absolute Gasteiger partial charge is 0.438 e. The Hall–Kier alpha value is -0.770. The van der Waals surface area contributed by atoms with Gasteiger partial charge in [-0.25, -0.2) is 4.79 Å². The molecular formula is C8H15NO3. The molecule has 1 rings (SSSR count). The molecule has 1 fully saturated rings. The number of ether oxygens (including phenoxy) is 2. The molecular weight excluding hydrogens is 158 g/mol. The molecule has 1 saturated carbocycles. The zero-order valence-electron chi connectivity index (χ0n) is 7.29. The van der Waals surface area contributed by atoms with Crippen LogP contribution in [0.1, 0.15) is 25.7 Å². The van der Waals surface area contributed by atoms with Gasteiger partial charge in [0.25, 0.3) is 0 Å². The number of nitrogens with two attached hydrogens (primary N) is 1. The highest BCUT2D eigenvalue weighted by Gasteiger charge is 2.25. The van der Waals surface area contributed by atoms with Crippen LogP contribution in [0.25, 0.3) is 0 Å². The Kier molecular flexibility index (Phi) is 3.34. The van der Waals surface area contributed by atoms with Crippen molar-refractivity contribution in [1.82, 2.24) is 0 Å². The number of carbonyl (C=O) groups excluding carboxylic acids is 1. The molecule has 0 radical (unpaired) electrons. The summed E-state index contributed by atoms with van der Waals surface area (Å²) < 4.78 is 9.35. The minimum Gasteiger partial charge on any atom is -0.438 e. The summed E-state index contributed by atoms with van der Waals surface area (Å²) >= 11 is 0. The first-order valence-electron chi connectivity index (χ1n) is 4.24. The van der Waals surface area contributed by atoms with E-state index in [-0.39, 0.29) is 12.1 Å². The maximum absolute atomic E-state index is 10.7. The Morgan fingerprint density at radius 3 is 2.67 bits per heavy atom. The van der Waals surface area contributed by atoms with E-state index in [2.05, 4.69) is 4.74 Å². The molecule has 1 aliphatic rings. The van der Waals surface area contributed by atoms with Crippen molar-refractivity contribution in [3.63, 3.8) is 0 Å². The maximum atomic E-state index is 10.7. The number of hydrogen-bond donors (Lipinski definition) is 1. The van der Waals surface area contributed by atoms with Gasteiger partial charge >= 0.3 is 6.16 Å². The van der Waals surface area contributed by atoms with Crippen LogP contribution >= 0.6 is 0 Å². The van der Waals surface area contributed by atoms with Crippen molar-refractivity contribution in [3.8, 4) is 0 Å². The Morgan fingerprint density at radius 2 is 2.08 bits per heavy atom. The Balaban J connectivity index is 2.33. The molecule has 0 aromatic heterocycles. The first kappa shape index (κ1) is 9.32. The van der Waals surface area contributed by atoms with Gasteiger partial charge in [-0.3, -0.25) is 0 Å². The Bertz CT molecular complexity index is 160. The standard InChI is InChI=1S/C8H15NO3/c1-11-8(10)12-7-5-3-2-4-6(7)9/h6-7H,2-5,9H2,1H3. The third-order valence-corrected chi connectivity index (χ3v) is 2.17. The second-order valence-electron chi connectivity index (χ2n) is 3.06. The van der Waals surface area contributed by atoms with Crippen LogP contribution in [0, 0.1) is 0 Å². The quantitative estimate of drug-likeness (QED) is 0.602. The molecule has 0 aromatic carbocycles. The fourth-order valence-corrected chi connectivity index (χ4v) is 1.44. The van der Waals surface area contributed by atoms with Crippen molar-refractivity contribution in [2.45, 2.75) is 37.8 Å². The molecule has 4 heteroatoms. The van der Waals surface area contributed by atoms with E-state index in [9.17, 15) is 4.79 Å². The van der Waals surface area contributed by atoms with Crippen molar-refractivity contribution in [3.05, 3.63) is 0 Å². The van der Waals surface area contributed by atoms with Crippen LogP contribution in [-0.4, -0.2) is 25.4 Å². The molecule has 0 amide bonds. The largest absolute Gasteiger partial charge is 0.508 e. The highest BCUT2D eigenvalue weighted by atomic mass is 16.7. The number of methoxy groups -OCH3 is 1. The summed E-state index contributed by atoms with van der Waals surface area (Å²) in [4.78, 5) is 10.7. The van der Waals surface area contributed by atoms with Crippen LogP contribution in [0.2, 0.25) is 0 Å². The average Bonchev–Trinajstić information content (AvgIpc) is 2.09. The second kappa shape index (κ2) is 4.30. The molecule has 2 atom stereocenters. The fraction of sp³-hybridized carbons (Fsp3) is 0.875. The third-order valence-electron chi connectivity index (χ3n) is 2.17. The summed E-state index contributed by atoms with van der Waals surface area (Å²) in [5.74, 6) is 0. The van der Waals surface area contributed by atoms with Gasteiger partial charge in [-0.05, 0) is 19.3 Å². The van der Waals surface area contributed by atoms with E-state index in [0.717, 1.165) is 25.7 Å². The first-order valence-corrected chi connectivity index (χ1v) is 4.24. The lowest BCUT2D eigenvalue weighted by molar-refractivity contribution is 0.0147. The van der Waals surface area contributed by atoms with E-state index in [1.807, 2.05) is 0 Å². The van der Waals surface area contributed by atoms with Crippen LogP contribution < -0.4 is 5.73 Å². The minimum absolute atomic E-state index is 0.0159. The van der Waals surface area contributed by atoms with Gasteiger partial charge in [0.15, 0.2) is 0 Å². The molecule has 4 nitrogen and oxygen atoms in total. The lowest BCUT2D eigenvalue weighted by Gasteiger charge is -2.27. The lowest BCUT2D eigenvalue weighted by Crippen LogP contribution is -2.40. The van der Waals surface area contributed by atoms with Gasteiger partial charge in [0.05, 0.1) is 7.11 Å². The average molecular weight is 173 g/mol. The van der Waals surface area contributed by atoms with E-state index in [0.29, 0.717) is 0 Å². The topological polar surface area (TPSA) is 61.5 Å². The van der Waals surface area contributed by atoms with Gasteiger partial charge in [0.2, 0.25) is 0 Å². The van der Waals surface area contributed by atoms with Crippen molar-refractivity contribution < 1.29 is 14.3 Å². The zero-order chi connectivity index (χ0) is 8.97. The van der Waals surface area contributed by atoms with Crippen LogP contribution in [0.4, 0.5) is 4.79 Å². The van der Waals surface area contributed by atoms with Gasteiger partial charge < -0.3 is 15.2 Å². The van der Waals surface area contributed by atoms with Crippen molar-refractivity contribution in [2.24, 2.45) is 5.73 Å². The number of hydrogen-bond acceptors (Lipinski definition) is 4. The third kappa shape index (κ3) is 2.37. The summed E-state index contributed by atoms with van der Waals surface area (Å²) in [5.41, 5.74) is 5.75. The summed E-state index contributed by atoms with van der Waals surface area (Å²) in [6.45, 7) is 0. The summed E-state index contributed by atoms with van der Waals surface area (Å²) in [7, 11) is 1.30. The van der Waals surface area contributed by atoms with Gasteiger partial charge in [-0.2, -0.15) is 0 Å². The molecule has 2 N–H and O–H groups in total. The van der Waals surface area contributed by atoms with Crippen LogP contribution in [-0.2, 0) is 9.47 Å². The van der Waals surface area contributed by atoms with Crippen LogP contribution in [0.5, 0.6) is 0 Å². The van der Waals surface area contributed by atoms with Gasteiger partial charge in [0, 0.05) is 6.04 Å². The van der Waals surface area contributed by atoms with Crippen LogP contribution in [0.3, 0.4) is 0 Å². The second-order valence-corrected chi connectivity index (χ2v) is 3.06. The number of rotatable bonds is 1. The molecule has 12 heavy (non-hydrogen) atoms. The predicted molar refractivity (Wildman–Crippen MR) is 43.7 cm³/mol. The molecule has 0 spiro atoms. The number of carbonyl (C=O) groups is 1.